The highest BCUT2D eigenvalue weighted by atomic mass is 16.4. The highest BCUT2D eigenvalue weighted by molar-refractivity contribution is 5.94. The Bertz CT molecular complexity index is 565. The van der Waals surface area contributed by atoms with E-state index in [0.717, 1.165) is 6.42 Å². The van der Waals surface area contributed by atoms with Crippen molar-refractivity contribution in [3.05, 3.63) is 27.4 Å². The van der Waals surface area contributed by atoms with Gasteiger partial charge in [0.2, 0.25) is 0 Å². The van der Waals surface area contributed by atoms with Crippen LogP contribution in [0.2, 0.25) is 0 Å². The number of hydrogen-bond donors (Lipinski definition) is 3. The number of unbranched alkanes of at least 4 members (excludes halogenated alkanes) is 1. The monoisotopic (exact) mass is 281 g/mol. The zero-order chi connectivity index (χ0) is 15.3. The van der Waals surface area contributed by atoms with Crippen molar-refractivity contribution < 1.29 is 14.7 Å². The number of carboxylic acid groups (broad SMARTS) is 1. The number of nitrogens with zero attached hydrogens (tertiary/aromatic N) is 1. The average Bonchev–Trinajstić information content (AvgIpc) is 2.38. The lowest BCUT2D eigenvalue weighted by atomic mass is 10.1. The van der Waals surface area contributed by atoms with Gasteiger partial charge < -0.3 is 15.4 Å². The summed E-state index contributed by atoms with van der Waals surface area (Å²) in [7, 11) is 0. The lowest BCUT2D eigenvalue weighted by Crippen LogP contribution is -2.43. The molecule has 0 aliphatic rings. The van der Waals surface area contributed by atoms with Crippen molar-refractivity contribution in [3.63, 3.8) is 0 Å². The van der Waals surface area contributed by atoms with E-state index >= 15 is 0 Å². The number of rotatable bonds is 6. The number of aliphatic carboxylic acids is 1. The Morgan fingerprint density at radius 3 is 2.60 bits per heavy atom. The van der Waals surface area contributed by atoms with E-state index in [2.05, 4.69) is 15.3 Å². The molecular formula is C13H19N3O4. The molecule has 0 saturated carbocycles. The molecule has 1 aromatic heterocycles. The summed E-state index contributed by atoms with van der Waals surface area (Å²) < 4.78 is 0. The largest absolute Gasteiger partial charge is 0.480 e. The molecule has 7 nitrogen and oxygen atoms in total. The Hall–Kier alpha value is -2.18. The highest BCUT2D eigenvalue weighted by Gasteiger charge is 2.22. The third kappa shape index (κ3) is 3.91. The number of hydrogen-bond acceptors (Lipinski definition) is 4. The zero-order valence-electron chi connectivity index (χ0n) is 11.8. The number of aryl methyl sites for hydroxylation is 2. The van der Waals surface area contributed by atoms with Crippen molar-refractivity contribution in [1.29, 1.82) is 0 Å². The maximum Gasteiger partial charge on any atom is 0.326 e. The van der Waals surface area contributed by atoms with Gasteiger partial charge in [-0.15, -0.1) is 0 Å². The predicted octanol–water partition coefficient (Wildman–Crippen LogP) is 0.760. The summed E-state index contributed by atoms with van der Waals surface area (Å²) in [6.07, 6.45) is 1.82. The zero-order valence-corrected chi connectivity index (χ0v) is 11.8. The van der Waals surface area contributed by atoms with E-state index < -0.39 is 23.5 Å². The van der Waals surface area contributed by atoms with Gasteiger partial charge in [0.25, 0.3) is 11.5 Å². The topological polar surface area (TPSA) is 112 Å². The minimum Gasteiger partial charge on any atom is -0.480 e. The van der Waals surface area contributed by atoms with Crippen LogP contribution in [0, 0.1) is 13.8 Å². The Morgan fingerprint density at radius 1 is 1.40 bits per heavy atom. The van der Waals surface area contributed by atoms with Crippen LogP contribution in [-0.2, 0) is 4.79 Å². The first kappa shape index (κ1) is 15.9. The van der Waals surface area contributed by atoms with Crippen LogP contribution in [0.4, 0.5) is 0 Å². The van der Waals surface area contributed by atoms with Crippen LogP contribution < -0.4 is 10.9 Å². The third-order valence-corrected chi connectivity index (χ3v) is 3.00. The van der Waals surface area contributed by atoms with Crippen molar-refractivity contribution in [2.24, 2.45) is 0 Å². The molecule has 0 fully saturated rings. The highest BCUT2D eigenvalue weighted by Crippen LogP contribution is 2.03. The van der Waals surface area contributed by atoms with Crippen molar-refractivity contribution in [3.8, 4) is 0 Å². The van der Waals surface area contributed by atoms with Gasteiger partial charge in [-0.1, -0.05) is 19.8 Å². The number of H-pyrrole nitrogens is 1. The molecule has 0 bridgehead atoms. The molecule has 0 aliphatic carbocycles. The molecule has 0 aromatic carbocycles. The van der Waals surface area contributed by atoms with Gasteiger partial charge >= 0.3 is 5.97 Å². The Morgan fingerprint density at radius 2 is 2.05 bits per heavy atom. The van der Waals surface area contributed by atoms with E-state index in [0.29, 0.717) is 24.2 Å². The SMILES string of the molecule is CCCC[C@H](NC(=O)c1nc(C)c(C)[nH]c1=O)C(=O)O. The quantitative estimate of drug-likeness (QED) is 0.712. The summed E-state index contributed by atoms with van der Waals surface area (Å²) in [5.74, 6) is -1.88. The summed E-state index contributed by atoms with van der Waals surface area (Å²) in [4.78, 5) is 41.1. The fraction of sp³-hybridized carbons (Fsp3) is 0.538. The standard InChI is InChI=1S/C13H19N3O4/c1-4-5-6-9(13(19)20)16-12(18)10-11(17)15-8(3)7(2)14-10/h9H,4-6H2,1-3H3,(H,15,17)(H,16,18)(H,19,20)/t9-/m0/s1. The number of nitrogens with one attached hydrogen (secondary N) is 2. The molecule has 3 N–H and O–H groups in total. The summed E-state index contributed by atoms with van der Waals surface area (Å²) in [6, 6.07) is -1.01. The summed E-state index contributed by atoms with van der Waals surface area (Å²) >= 11 is 0. The molecule has 0 unspecified atom stereocenters. The number of aromatic nitrogens is 2. The van der Waals surface area contributed by atoms with Crippen LogP contribution in [0.5, 0.6) is 0 Å². The number of aromatic amines is 1. The Labute approximate surface area is 116 Å². The first-order chi connectivity index (χ1) is 9.36. The van der Waals surface area contributed by atoms with E-state index in [4.69, 9.17) is 5.11 Å². The van der Waals surface area contributed by atoms with Gasteiger partial charge in [0, 0.05) is 5.69 Å². The number of carbonyl (C=O) groups excluding carboxylic acids is 1. The van der Waals surface area contributed by atoms with E-state index in [1.165, 1.54) is 0 Å². The van der Waals surface area contributed by atoms with Gasteiger partial charge in [-0.3, -0.25) is 9.59 Å². The predicted molar refractivity (Wildman–Crippen MR) is 72.7 cm³/mol. The van der Waals surface area contributed by atoms with Crippen LogP contribution in [0.15, 0.2) is 4.79 Å². The third-order valence-electron chi connectivity index (χ3n) is 3.00. The van der Waals surface area contributed by atoms with Crippen LogP contribution in [0.1, 0.15) is 48.1 Å². The van der Waals surface area contributed by atoms with Crippen LogP contribution >= 0.6 is 0 Å². The molecule has 0 radical (unpaired) electrons. The molecule has 20 heavy (non-hydrogen) atoms. The minimum absolute atomic E-state index is 0.309. The summed E-state index contributed by atoms with van der Waals surface area (Å²) in [6.45, 7) is 5.26. The fourth-order valence-corrected chi connectivity index (χ4v) is 1.67. The number of amides is 1. The molecule has 1 amide bonds. The smallest absolute Gasteiger partial charge is 0.326 e. The molecule has 110 valence electrons. The van der Waals surface area contributed by atoms with Gasteiger partial charge in [0.15, 0.2) is 5.69 Å². The molecule has 0 spiro atoms. The second-order valence-corrected chi connectivity index (χ2v) is 4.63. The van der Waals surface area contributed by atoms with Crippen molar-refractivity contribution in [2.45, 2.75) is 46.1 Å². The minimum atomic E-state index is -1.12. The Balaban J connectivity index is 2.92. The second-order valence-electron chi connectivity index (χ2n) is 4.63. The molecule has 0 aliphatic heterocycles. The summed E-state index contributed by atoms with van der Waals surface area (Å²) in [5, 5.41) is 11.4. The van der Waals surface area contributed by atoms with Gasteiger partial charge in [-0.2, -0.15) is 0 Å². The van der Waals surface area contributed by atoms with E-state index in [9.17, 15) is 14.4 Å². The van der Waals surface area contributed by atoms with E-state index in [1.54, 1.807) is 13.8 Å². The first-order valence-electron chi connectivity index (χ1n) is 6.48. The van der Waals surface area contributed by atoms with Crippen LogP contribution in [0.3, 0.4) is 0 Å². The lowest BCUT2D eigenvalue weighted by molar-refractivity contribution is -0.139. The normalized spacial score (nSPS) is 11.9. The van der Waals surface area contributed by atoms with Crippen molar-refractivity contribution >= 4 is 11.9 Å². The Kier molecular flexibility index (Phi) is 5.42. The lowest BCUT2D eigenvalue weighted by Gasteiger charge is -2.13. The van der Waals surface area contributed by atoms with Gasteiger partial charge in [0.1, 0.15) is 6.04 Å². The van der Waals surface area contributed by atoms with Gasteiger partial charge in [0.05, 0.1) is 5.69 Å². The molecule has 0 saturated heterocycles. The maximum absolute atomic E-state index is 12.0. The molecular weight excluding hydrogens is 262 g/mol. The van der Waals surface area contributed by atoms with Gasteiger partial charge in [-0.25, -0.2) is 9.78 Å². The second kappa shape index (κ2) is 6.83. The molecule has 1 heterocycles. The van der Waals surface area contributed by atoms with Crippen LogP contribution in [-0.4, -0.2) is 33.0 Å². The van der Waals surface area contributed by atoms with Crippen molar-refractivity contribution in [2.75, 3.05) is 0 Å². The van der Waals surface area contributed by atoms with Crippen LogP contribution in [0.25, 0.3) is 0 Å². The molecule has 1 aromatic rings. The molecule has 1 rings (SSSR count). The number of carboxylic acids is 1. The average molecular weight is 281 g/mol. The summed E-state index contributed by atoms with van der Waals surface area (Å²) in [5.41, 5.74) is 0.170. The van der Waals surface area contributed by atoms with Crippen molar-refractivity contribution in [1.82, 2.24) is 15.3 Å². The van der Waals surface area contributed by atoms with Gasteiger partial charge in [-0.05, 0) is 20.3 Å². The molecule has 1 atom stereocenters. The maximum atomic E-state index is 12.0. The fourth-order valence-electron chi connectivity index (χ4n) is 1.67. The van der Waals surface area contributed by atoms with E-state index in [1.807, 2.05) is 6.92 Å². The first-order valence-corrected chi connectivity index (χ1v) is 6.48. The van der Waals surface area contributed by atoms with E-state index in [-0.39, 0.29) is 5.69 Å². The number of carbonyl (C=O) groups is 2. The molecule has 7 heteroatoms.